The number of ether oxygens (including phenoxy) is 1. The molecule has 1 unspecified atom stereocenters. The third kappa shape index (κ3) is 4.32. The van der Waals surface area contributed by atoms with Crippen molar-refractivity contribution in [3.8, 4) is 0 Å². The molecule has 1 aromatic rings. The second-order valence-electron chi connectivity index (χ2n) is 5.99. The second kappa shape index (κ2) is 6.37. The molecule has 2 rings (SSSR count). The highest BCUT2D eigenvalue weighted by Crippen LogP contribution is 2.25. The summed E-state index contributed by atoms with van der Waals surface area (Å²) in [6, 6.07) is 10.5. The van der Waals surface area contributed by atoms with Crippen molar-refractivity contribution < 1.29 is 9.53 Å². The number of rotatable bonds is 6. The van der Waals surface area contributed by atoms with Gasteiger partial charge in [-0.05, 0) is 31.9 Å². The van der Waals surface area contributed by atoms with E-state index in [4.69, 9.17) is 10.5 Å². The molecule has 0 saturated carbocycles. The highest BCUT2D eigenvalue weighted by Gasteiger charge is 2.41. The summed E-state index contributed by atoms with van der Waals surface area (Å²) in [5.74, 6) is -0.201. The molecular weight excluding hydrogens is 252 g/mol. The SMILES string of the molecule is CC(=O)OC1(C)CN(CCC(N)Cc2ccccc2)C1. The number of carbonyl (C=O) groups excluding carboxylic acids is 1. The standard InChI is InChI=1S/C16H24N2O2/c1-13(19)20-16(2)11-18(12-16)9-8-15(17)10-14-6-4-3-5-7-14/h3-7,15H,8-12,17H2,1-2H3. The van der Waals surface area contributed by atoms with Crippen LogP contribution in [0.4, 0.5) is 0 Å². The monoisotopic (exact) mass is 276 g/mol. The minimum absolute atomic E-state index is 0.179. The van der Waals surface area contributed by atoms with E-state index in [0.29, 0.717) is 0 Å². The Morgan fingerprint density at radius 3 is 2.65 bits per heavy atom. The third-order valence-electron chi connectivity index (χ3n) is 3.66. The van der Waals surface area contributed by atoms with Gasteiger partial charge in [-0.3, -0.25) is 9.69 Å². The Kier molecular flexibility index (Phi) is 4.78. The first-order valence-corrected chi connectivity index (χ1v) is 7.18. The maximum Gasteiger partial charge on any atom is 0.303 e. The predicted molar refractivity (Wildman–Crippen MR) is 79.3 cm³/mol. The fraction of sp³-hybridized carbons (Fsp3) is 0.562. The van der Waals surface area contributed by atoms with Crippen LogP contribution >= 0.6 is 0 Å². The van der Waals surface area contributed by atoms with Gasteiger partial charge in [0.1, 0.15) is 5.60 Å². The summed E-state index contributed by atoms with van der Waals surface area (Å²) in [5.41, 5.74) is 7.16. The molecule has 1 aliphatic rings. The number of benzene rings is 1. The summed E-state index contributed by atoms with van der Waals surface area (Å²) in [6.07, 6.45) is 1.88. The molecule has 1 aromatic carbocycles. The highest BCUT2D eigenvalue weighted by molar-refractivity contribution is 5.66. The lowest BCUT2D eigenvalue weighted by Gasteiger charge is -2.47. The van der Waals surface area contributed by atoms with E-state index in [1.807, 2.05) is 25.1 Å². The first kappa shape index (κ1) is 15.0. The molecule has 0 aliphatic carbocycles. The highest BCUT2D eigenvalue weighted by atomic mass is 16.6. The van der Waals surface area contributed by atoms with Gasteiger partial charge in [-0.2, -0.15) is 0 Å². The fourth-order valence-corrected chi connectivity index (χ4v) is 2.84. The van der Waals surface area contributed by atoms with Crippen LogP contribution < -0.4 is 5.73 Å². The number of esters is 1. The van der Waals surface area contributed by atoms with Crippen molar-refractivity contribution in [3.05, 3.63) is 35.9 Å². The van der Waals surface area contributed by atoms with Crippen molar-refractivity contribution in [2.24, 2.45) is 5.73 Å². The number of carbonyl (C=O) groups is 1. The lowest BCUT2D eigenvalue weighted by molar-refractivity contribution is -0.173. The van der Waals surface area contributed by atoms with Crippen LogP contribution in [0.1, 0.15) is 25.8 Å². The zero-order chi connectivity index (χ0) is 14.6. The van der Waals surface area contributed by atoms with Crippen molar-refractivity contribution in [1.29, 1.82) is 0 Å². The van der Waals surface area contributed by atoms with Crippen molar-refractivity contribution in [2.45, 2.75) is 38.3 Å². The van der Waals surface area contributed by atoms with Crippen molar-refractivity contribution in [3.63, 3.8) is 0 Å². The molecule has 1 fully saturated rings. The molecule has 0 spiro atoms. The van der Waals surface area contributed by atoms with E-state index in [0.717, 1.165) is 32.5 Å². The topological polar surface area (TPSA) is 55.6 Å². The average Bonchev–Trinajstić information content (AvgIpc) is 2.34. The summed E-state index contributed by atoms with van der Waals surface area (Å²) in [4.78, 5) is 13.3. The number of likely N-dealkylation sites (tertiary alicyclic amines) is 1. The summed E-state index contributed by atoms with van der Waals surface area (Å²) in [7, 11) is 0. The van der Waals surface area contributed by atoms with Crippen LogP contribution in [0, 0.1) is 0 Å². The maximum atomic E-state index is 11.0. The van der Waals surface area contributed by atoms with Gasteiger partial charge >= 0.3 is 5.97 Å². The molecule has 4 heteroatoms. The van der Waals surface area contributed by atoms with Gasteiger partial charge in [-0.1, -0.05) is 30.3 Å². The quantitative estimate of drug-likeness (QED) is 0.802. The van der Waals surface area contributed by atoms with Gasteiger partial charge in [0.15, 0.2) is 0 Å². The zero-order valence-electron chi connectivity index (χ0n) is 12.3. The maximum absolute atomic E-state index is 11.0. The smallest absolute Gasteiger partial charge is 0.303 e. The first-order chi connectivity index (χ1) is 9.47. The van der Waals surface area contributed by atoms with Gasteiger partial charge < -0.3 is 10.5 Å². The third-order valence-corrected chi connectivity index (χ3v) is 3.66. The number of nitrogens with zero attached hydrogens (tertiary/aromatic N) is 1. The van der Waals surface area contributed by atoms with Crippen LogP contribution in [-0.2, 0) is 16.0 Å². The van der Waals surface area contributed by atoms with Gasteiger partial charge in [0.2, 0.25) is 0 Å². The first-order valence-electron chi connectivity index (χ1n) is 7.18. The van der Waals surface area contributed by atoms with Crippen LogP contribution in [0.15, 0.2) is 30.3 Å². The molecule has 110 valence electrons. The Morgan fingerprint density at radius 2 is 2.05 bits per heavy atom. The van der Waals surface area contributed by atoms with Crippen LogP contribution in [0.25, 0.3) is 0 Å². The van der Waals surface area contributed by atoms with Gasteiger partial charge in [0.05, 0.1) is 0 Å². The lowest BCUT2D eigenvalue weighted by atomic mass is 9.95. The van der Waals surface area contributed by atoms with Crippen LogP contribution in [0.2, 0.25) is 0 Å². The average molecular weight is 276 g/mol. The summed E-state index contributed by atoms with van der Waals surface area (Å²) >= 11 is 0. The molecule has 1 saturated heterocycles. The molecule has 0 amide bonds. The second-order valence-corrected chi connectivity index (χ2v) is 5.99. The molecule has 1 aliphatic heterocycles. The molecule has 4 nitrogen and oxygen atoms in total. The van der Waals surface area contributed by atoms with E-state index < -0.39 is 0 Å². The van der Waals surface area contributed by atoms with E-state index in [2.05, 4.69) is 17.0 Å². The minimum atomic E-state index is -0.296. The number of hydrogen-bond donors (Lipinski definition) is 1. The van der Waals surface area contributed by atoms with E-state index in [9.17, 15) is 4.79 Å². The molecule has 0 aromatic heterocycles. The predicted octanol–water partition coefficient (Wildman–Crippen LogP) is 1.58. The van der Waals surface area contributed by atoms with E-state index >= 15 is 0 Å². The number of hydrogen-bond acceptors (Lipinski definition) is 4. The molecule has 0 bridgehead atoms. The van der Waals surface area contributed by atoms with Gasteiger partial charge in [0.25, 0.3) is 0 Å². The van der Waals surface area contributed by atoms with Crippen LogP contribution in [0.5, 0.6) is 0 Å². The fourth-order valence-electron chi connectivity index (χ4n) is 2.84. The van der Waals surface area contributed by atoms with Crippen LogP contribution in [0.3, 0.4) is 0 Å². The summed E-state index contributed by atoms with van der Waals surface area (Å²) in [5, 5.41) is 0. The Balaban J connectivity index is 1.66. The Morgan fingerprint density at radius 1 is 1.40 bits per heavy atom. The van der Waals surface area contributed by atoms with Crippen molar-refractivity contribution >= 4 is 5.97 Å². The molecular formula is C16H24N2O2. The molecule has 0 radical (unpaired) electrons. The van der Waals surface area contributed by atoms with Gasteiger partial charge in [-0.25, -0.2) is 0 Å². The largest absolute Gasteiger partial charge is 0.457 e. The van der Waals surface area contributed by atoms with Crippen molar-refractivity contribution in [2.75, 3.05) is 19.6 Å². The van der Waals surface area contributed by atoms with Crippen LogP contribution in [-0.4, -0.2) is 42.1 Å². The van der Waals surface area contributed by atoms with E-state index in [1.54, 1.807) is 0 Å². The summed E-state index contributed by atoms with van der Waals surface area (Å²) in [6.45, 7) is 6.03. The molecule has 1 atom stereocenters. The zero-order valence-corrected chi connectivity index (χ0v) is 12.3. The van der Waals surface area contributed by atoms with Gasteiger partial charge in [-0.15, -0.1) is 0 Å². The van der Waals surface area contributed by atoms with E-state index in [-0.39, 0.29) is 17.6 Å². The molecule has 1 heterocycles. The molecule has 20 heavy (non-hydrogen) atoms. The van der Waals surface area contributed by atoms with Crippen molar-refractivity contribution in [1.82, 2.24) is 4.90 Å². The Bertz CT molecular complexity index is 441. The summed E-state index contributed by atoms with van der Waals surface area (Å²) < 4.78 is 5.29. The lowest BCUT2D eigenvalue weighted by Crippen LogP contribution is -2.62. The Labute approximate surface area is 120 Å². The number of nitrogens with two attached hydrogens (primary N) is 1. The van der Waals surface area contributed by atoms with Gasteiger partial charge in [0, 0.05) is 26.1 Å². The Hall–Kier alpha value is -1.39. The molecule has 2 N–H and O–H groups in total. The normalized spacial score (nSPS) is 19.1. The van der Waals surface area contributed by atoms with E-state index in [1.165, 1.54) is 12.5 Å². The minimum Gasteiger partial charge on any atom is -0.457 e.